The third-order valence-electron chi connectivity index (χ3n) is 6.35. The van der Waals surface area contributed by atoms with Crippen LogP contribution in [0.2, 0.25) is 0 Å². The zero-order valence-electron chi connectivity index (χ0n) is 17.3. The molecule has 2 aliphatic rings. The van der Waals surface area contributed by atoms with Crippen LogP contribution in [0.15, 0.2) is 41.4 Å². The lowest BCUT2D eigenvalue weighted by Gasteiger charge is -2.22. The molecule has 0 spiro atoms. The number of carbonyl (C=O) groups is 2. The molecule has 8 nitrogen and oxygen atoms in total. The van der Waals surface area contributed by atoms with Gasteiger partial charge >= 0.3 is 5.97 Å². The second kappa shape index (κ2) is 7.95. The number of aryl methyl sites for hydroxylation is 1. The lowest BCUT2D eigenvalue weighted by atomic mass is 9.95. The number of alkyl halides is 2. The number of amides is 1. The minimum atomic E-state index is -3.96. The number of carbonyl (C=O) groups excluding carboxylic acids is 1. The number of benzene rings is 1. The average Bonchev–Trinajstić information content (AvgIpc) is 3.45. The molecule has 2 heterocycles. The van der Waals surface area contributed by atoms with Gasteiger partial charge in [-0.05, 0) is 31.0 Å². The molecule has 172 valence electrons. The highest BCUT2D eigenvalue weighted by atomic mass is 32.2. The van der Waals surface area contributed by atoms with Crippen molar-refractivity contribution in [1.29, 1.82) is 0 Å². The van der Waals surface area contributed by atoms with Crippen molar-refractivity contribution in [3.05, 3.63) is 36.5 Å². The average molecular weight is 467 g/mol. The maximum absolute atomic E-state index is 13.6. The summed E-state index contributed by atoms with van der Waals surface area (Å²) in [6, 6.07) is 8.00. The summed E-state index contributed by atoms with van der Waals surface area (Å²) in [7, 11) is -2.23. The van der Waals surface area contributed by atoms with Crippen molar-refractivity contribution in [1.82, 2.24) is 14.7 Å². The number of carboxylic acids is 1. The first kappa shape index (κ1) is 22.4. The standard InChI is InChI=1S/C21H23F2N3O5S/c1-25-18(5-7-24-25)13-3-2-4-14(9-13)32(30,31)15-10-16(17(11-15)20(28)29)19(27)26-8-6-21(22,23)12-26/h2-5,7,9,15-17H,6,8,10-12H2,1H3,(H,28,29)/t15-,16-,17-/m1/s1. The van der Waals surface area contributed by atoms with Gasteiger partial charge in [0.25, 0.3) is 5.92 Å². The second-order valence-electron chi connectivity index (χ2n) is 8.42. The molecule has 3 atom stereocenters. The highest BCUT2D eigenvalue weighted by molar-refractivity contribution is 7.92. The molecule has 1 amide bonds. The lowest BCUT2D eigenvalue weighted by molar-refractivity contribution is -0.149. The van der Waals surface area contributed by atoms with Gasteiger partial charge in [0.15, 0.2) is 9.84 Å². The van der Waals surface area contributed by atoms with Crippen LogP contribution in [0.5, 0.6) is 0 Å². The van der Waals surface area contributed by atoms with Crippen molar-refractivity contribution in [3.63, 3.8) is 0 Å². The van der Waals surface area contributed by atoms with E-state index in [4.69, 9.17) is 0 Å². The number of rotatable bonds is 5. The fourth-order valence-electron chi connectivity index (χ4n) is 4.63. The van der Waals surface area contributed by atoms with E-state index in [0.29, 0.717) is 11.3 Å². The number of sulfone groups is 1. The summed E-state index contributed by atoms with van der Waals surface area (Å²) in [5, 5.41) is 12.6. The van der Waals surface area contributed by atoms with Gasteiger partial charge in [0.2, 0.25) is 5.91 Å². The van der Waals surface area contributed by atoms with Crippen molar-refractivity contribution in [2.45, 2.75) is 35.3 Å². The van der Waals surface area contributed by atoms with Crippen LogP contribution in [0.3, 0.4) is 0 Å². The van der Waals surface area contributed by atoms with Crippen molar-refractivity contribution in [2.24, 2.45) is 18.9 Å². The summed E-state index contributed by atoms with van der Waals surface area (Å²) in [6.45, 7) is -0.933. The molecule has 0 radical (unpaired) electrons. The Bertz CT molecular complexity index is 1160. The molecule has 1 aliphatic heterocycles. The normalized spacial score (nSPS) is 25.2. The van der Waals surface area contributed by atoms with Crippen molar-refractivity contribution in [2.75, 3.05) is 13.1 Å². The van der Waals surface area contributed by atoms with Crippen LogP contribution in [0, 0.1) is 11.8 Å². The van der Waals surface area contributed by atoms with Crippen molar-refractivity contribution < 1.29 is 31.9 Å². The van der Waals surface area contributed by atoms with E-state index in [1.807, 2.05) is 0 Å². The van der Waals surface area contributed by atoms with Gasteiger partial charge in [-0.25, -0.2) is 17.2 Å². The van der Waals surface area contributed by atoms with Crippen LogP contribution in [-0.4, -0.2) is 64.3 Å². The van der Waals surface area contributed by atoms with Gasteiger partial charge in [-0.3, -0.25) is 14.3 Å². The fraction of sp³-hybridized carbons (Fsp3) is 0.476. The van der Waals surface area contributed by atoms with E-state index >= 15 is 0 Å². The Hall–Kier alpha value is -2.82. The molecule has 32 heavy (non-hydrogen) atoms. The Morgan fingerprint density at radius 1 is 1.19 bits per heavy atom. The number of hydrogen-bond acceptors (Lipinski definition) is 5. The Labute approximate surface area is 183 Å². The van der Waals surface area contributed by atoms with Crippen LogP contribution < -0.4 is 0 Å². The molecule has 1 saturated carbocycles. The van der Waals surface area contributed by atoms with Gasteiger partial charge in [-0.2, -0.15) is 5.10 Å². The van der Waals surface area contributed by atoms with Crippen LogP contribution in [-0.2, 0) is 26.5 Å². The Balaban J connectivity index is 1.60. The predicted molar refractivity (Wildman–Crippen MR) is 110 cm³/mol. The van der Waals surface area contributed by atoms with E-state index in [0.717, 1.165) is 4.90 Å². The fourth-order valence-corrected chi connectivity index (χ4v) is 6.50. The largest absolute Gasteiger partial charge is 0.481 e. The first-order valence-electron chi connectivity index (χ1n) is 10.2. The summed E-state index contributed by atoms with van der Waals surface area (Å²) in [4.78, 5) is 25.6. The smallest absolute Gasteiger partial charge is 0.307 e. The first-order valence-corrected chi connectivity index (χ1v) is 11.8. The maximum atomic E-state index is 13.6. The molecule has 1 N–H and O–H groups in total. The zero-order chi connectivity index (χ0) is 23.3. The van der Waals surface area contributed by atoms with Crippen LogP contribution in [0.25, 0.3) is 11.3 Å². The maximum Gasteiger partial charge on any atom is 0.307 e. The monoisotopic (exact) mass is 467 g/mol. The van der Waals surface area contributed by atoms with Crippen molar-refractivity contribution in [3.8, 4) is 11.3 Å². The first-order chi connectivity index (χ1) is 15.0. The molecule has 1 aliphatic carbocycles. The Morgan fingerprint density at radius 3 is 2.50 bits per heavy atom. The van der Waals surface area contributed by atoms with Gasteiger partial charge in [0, 0.05) is 31.8 Å². The predicted octanol–water partition coefficient (Wildman–Crippen LogP) is 2.21. The molecular weight excluding hydrogens is 444 g/mol. The Kier molecular flexibility index (Phi) is 5.56. The second-order valence-corrected chi connectivity index (χ2v) is 10.7. The molecule has 4 rings (SSSR count). The van der Waals surface area contributed by atoms with Gasteiger partial charge in [-0.1, -0.05) is 12.1 Å². The number of halogens is 2. The number of aromatic nitrogens is 2. The minimum Gasteiger partial charge on any atom is -0.481 e. The van der Waals surface area contributed by atoms with Crippen LogP contribution in [0.1, 0.15) is 19.3 Å². The number of hydrogen-bond donors (Lipinski definition) is 1. The van der Waals surface area contributed by atoms with Crippen LogP contribution >= 0.6 is 0 Å². The molecule has 1 saturated heterocycles. The van der Waals surface area contributed by atoms with E-state index in [9.17, 15) is 31.9 Å². The molecule has 2 aromatic rings. The highest BCUT2D eigenvalue weighted by Gasteiger charge is 2.51. The third-order valence-corrected chi connectivity index (χ3v) is 8.53. The van der Waals surface area contributed by atoms with Gasteiger partial charge in [0.05, 0.1) is 34.2 Å². The number of nitrogens with zero attached hydrogens (tertiary/aromatic N) is 3. The molecule has 1 aromatic carbocycles. The Morgan fingerprint density at radius 2 is 1.91 bits per heavy atom. The molecule has 11 heteroatoms. The van der Waals surface area contributed by atoms with Crippen molar-refractivity contribution >= 4 is 21.7 Å². The van der Waals surface area contributed by atoms with Crippen LogP contribution in [0.4, 0.5) is 8.78 Å². The molecule has 1 aromatic heterocycles. The number of aliphatic carboxylic acids is 1. The summed E-state index contributed by atoms with van der Waals surface area (Å²) in [5.74, 6) is -7.41. The number of likely N-dealkylation sites (tertiary alicyclic amines) is 1. The number of carboxylic acid groups (broad SMARTS) is 1. The molecule has 0 bridgehead atoms. The summed E-state index contributed by atoms with van der Waals surface area (Å²) in [6.07, 6.45) is 0.652. The lowest BCUT2D eigenvalue weighted by Crippen LogP contribution is -2.39. The van der Waals surface area contributed by atoms with E-state index in [1.54, 1.807) is 36.1 Å². The third kappa shape index (κ3) is 4.01. The summed E-state index contributed by atoms with van der Waals surface area (Å²) in [5.41, 5.74) is 1.34. The summed E-state index contributed by atoms with van der Waals surface area (Å²) >= 11 is 0. The van der Waals surface area contributed by atoms with E-state index in [-0.39, 0.29) is 24.3 Å². The van der Waals surface area contributed by atoms with E-state index < -0.39 is 57.7 Å². The summed E-state index contributed by atoms with van der Waals surface area (Å²) < 4.78 is 55.4. The van der Waals surface area contributed by atoms with E-state index in [2.05, 4.69) is 5.10 Å². The molecular formula is C21H23F2N3O5S. The highest BCUT2D eigenvalue weighted by Crippen LogP contribution is 2.41. The molecule has 0 unspecified atom stereocenters. The SMILES string of the molecule is Cn1nccc1-c1cccc(S(=O)(=O)[C@H]2C[C@@H](C(=O)O)[C@H](C(=O)N3CCC(F)(F)C3)C2)c1. The van der Waals surface area contributed by atoms with Gasteiger partial charge in [-0.15, -0.1) is 0 Å². The zero-order valence-corrected chi connectivity index (χ0v) is 18.1. The minimum absolute atomic E-state index is 0.0196. The van der Waals surface area contributed by atoms with Gasteiger partial charge in [0.1, 0.15) is 0 Å². The topological polar surface area (TPSA) is 110 Å². The quantitative estimate of drug-likeness (QED) is 0.722. The van der Waals surface area contributed by atoms with E-state index in [1.165, 1.54) is 12.1 Å². The molecule has 2 fully saturated rings. The van der Waals surface area contributed by atoms with Gasteiger partial charge < -0.3 is 10.0 Å².